The van der Waals surface area contributed by atoms with E-state index >= 15 is 0 Å². The molecule has 0 atom stereocenters. The molecule has 0 N–H and O–H groups in total. The van der Waals surface area contributed by atoms with Gasteiger partial charge in [-0.05, 0) is 41.5 Å². The van der Waals surface area contributed by atoms with Gasteiger partial charge in [0.25, 0.3) is 0 Å². The first-order chi connectivity index (χ1) is 11.2. The van der Waals surface area contributed by atoms with Crippen molar-refractivity contribution in [2.24, 2.45) is 0 Å². The van der Waals surface area contributed by atoms with Crippen LogP contribution in [-0.4, -0.2) is 5.97 Å². The van der Waals surface area contributed by atoms with Gasteiger partial charge in [-0.15, -0.1) is 0 Å². The normalized spacial score (nSPS) is 10.3. The highest BCUT2D eigenvalue weighted by Gasteiger charge is 2.11. The molecule has 0 unspecified atom stereocenters. The summed E-state index contributed by atoms with van der Waals surface area (Å²) in [7, 11) is 0. The largest absolute Gasteiger partial charge is 0.423 e. The van der Waals surface area contributed by atoms with Crippen molar-refractivity contribution in [1.82, 2.24) is 0 Å². The van der Waals surface area contributed by atoms with E-state index in [9.17, 15) is 4.79 Å². The minimum Gasteiger partial charge on any atom is -0.423 e. The summed E-state index contributed by atoms with van der Waals surface area (Å²) in [6, 6.07) is 24.3. The Morgan fingerprint density at radius 3 is 2.22 bits per heavy atom. The summed E-state index contributed by atoms with van der Waals surface area (Å²) < 4.78 is 5.56. The van der Waals surface area contributed by atoms with Gasteiger partial charge < -0.3 is 4.74 Å². The highest BCUT2D eigenvalue weighted by Crippen LogP contribution is 2.23. The van der Waals surface area contributed by atoms with Gasteiger partial charge in [-0.25, -0.2) is 4.79 Å². The van der Waals surface area contributed by atoms with E-state index in [2.05, 4.69) is 12.1 Å². The van der Waals surface area contributed by atoms with Crippen LogP contribution in [0.3, 0.4) is 0 Å². The van der Waals surface area contributed by atoms with Crippen molar-refractivity contribution in [2.75, 3.05) is 0 Å². The second-order valence-corrected chi connectivity index (χ2v) is 5.60. The van der Waals surface area contributed by atoms with Crippen LogP contribution in [0.2, 0.25) is 5.02 Å². The molecule has 0 heterocycles. The lowest BCUT2D eigenvalue weighted by atomic mass is 10.0. The zero-order valence-corrected chi connectivity index (χ0v) is 13.2. The highest BCUT2D eigenvalue weighted by atomic mass is 35.5. The Bertz CT molecular complexity index is 795. The fraction of sp³-hybridized carbons (Fsp3) is 0.0500. The first kappa shape index (κ1) is 15.3. The van der Waals surface area contributed by atoms with Crippen molar-refractivity contribution < 1.29 is 9.53 Å². The summed E-state index contributed by atoms with van der Waals surface area (Å²) in [5.74, 6) is 0.193. The average Bonchev–Trinajstić information content (AvgIpc) is 2.58. The van der Waals surface area contributed by atoms with Crippen LogP contribution in [0.25, 0.3) is 0 Å². The van der Waals surface area contributed by atoms with Crippen molar-refractivity contribution in [3.63, 3.8) is 0 Å². The number of rotatable bonds is 4. The fourth-order valence-corrected chi connectivity index (χ4v) is 2.44. The topological polar surface area (TPSA) is 26.3 Å². The summed E-state index contributed by atoms with van der Waals surface area (Å²) >= 11 is 5.84. The van der Waals surface area contributed by atoms with Crippen LogP contribution in [0, 0.1) is 0 Å². The van der Waals surface area contributed by atoms with E-state index in [1.807, 2.05) is 42.5 Å². The monoisotopic (exact) mass is 322 g/mol. The summed E-state index contributed by atoms with van der Waals surface area (Å²) in [4.78, 5) is 12.3. The van der Waals surface area contributed by atoms with E-state index in [0.717, 1.165) is 5.56 Å². The summed E-state index contributed by atoms with van der Waals surface area (Å²) in [6.07, 6.45) is 0.713. The zero-order chi connectivity index (χ0) is 16.1. The summed E-state index contributed by atoms with van der Waals surface area (Å²) in [6.45, 7) is 0. The van der Waals surface area contributed by atoms with Crippen molar-refractivity contribution in [3.05, 3.63) is 101 Å². The molecule has 0 aliphatic heterocycles. The Hall–Kier alpha value is -2.58. The fourth-order valence-electron chi connectivity index (χ4n) is 2.31. The maximum Gasteiger partial charge on any atom is 0.343 e. The second kappa shape index (κ2) is 7.12. The van der Waals surface area contributed by atoms with Gasteiger partial charge in [0.2, 0.25) is 0 Å². The number of hydrogen-bond acceptors (Lipinski definition) is 2. The van der Waals surface area contributed by atoms with Crippen molar-refractivity contribution in [3.8, 4) is 5.75 Å². The standard InChI is InChI=1S/C20H15ClO2/c21-18-12-10-16(11-13-18)20(22)23-19-9-5-4-8-17(19)14-15-6-2-1-3-7-15/h1-13H,14H2. The van der Waals surface area contributed by atoms with Crippen LogP contribution in [0.4, 0.5) is 0 Å². The molecule has 0 radical (unpaired) electrons. The number of carbonyl (C=O) groups is 1. The number of para-hydroxylation sites is 1. The number of esters is 1. The highest BCUT2D eigenvalue weighted by molar-refractivity contribution is 6.30. The van der Waals surface area contributed by atoms with Crippen LogP contribution in [0.1, 0.15) is 21.5 Å². The van der Waals surface area contributed by atoms with E-state index < -0.39 is 0 Å². The SMILES string of the molecule is O=C(Oc1ccccc1Cc1ccccc1)c1ccc(Cl)cc1. The molecule has 3 rings (SSSR count). The molecule has 114 valence electrons. The van der Waals surface area contributed by atoms with Gasteiger partial charge in [0.05, 0.1) is 5.56 Å². The van der Waals surface area contributed by atoms with Gasteiger partial charge >= 0.3 is 5.97 Å². The molecule has 0 aliphatic rings. The molecule has 0 amide bonds. The number of halogens is 1. The van der Waals surface area contributed by atoms with Gasteiger partial charge in [-0.3, -0.25) is 0 Å². The van der Waals surface area contributed by atoms with Gasteiger partial charge in [-0.2, -0.15) is 0 Å². The Morgan fingerprint density at radius 1 is 0.826 bits per heavy atom. The maximum absolute atomic E-state index is 12.3. The quantitative estimate of drug-likeness (QED) is 0.490. The number of hydrogen-bond donors (Lipinski definition) is 0. The lowest BCUT2D eigenvalue weighted by molar-refractivity contribution is 0.0733. The minimum absolute atomic E-state index is 0.387. The van der Waals surface area contributed by atoms with Gasteiger partial charge in [-0.1, -0.05) is 60.1 Å². The van der Waals surface area contributed by atoms with Crippen molar-refractivity contribution in [1.29, 1.82) is 0 Å². The lowest BCUT2D eigenvalue weighted by Crippen LogP contribution is -2.09. The number of carbonyl (C=O) groups excluding carboxylic acids is 1. The van der Waals surface area contributed by atoms with Crippen molar-refractivity contribution in [2.45, 2.75) is 6.42 Å². The van der Waals surface area contributed by atoms with Crippen LogP contribution in [-0.2, 0) is 6.42 Å². The van der Waals surface area contributed by atoms with Gasteiger partial charge in [0.1, 0.15) is 5.75 Å². The Balaban J connectivity index is 1.80. The number of ether oxygens (including phenoxy) is 1. The second-order valence-electron chi connectivity index (χ2n) is 5.17. The molecule has 23 heavy (non-hydrogen) atoms. The lowest BCUT2D eigenvalue weighted by Gasteiger charge is -2.10. The Labute approximate surface area is 140 Å². The molecule has 0 saturated heterocycles. The molecule has 3 aromatic rings. The molecule has 3 heteroatoms. The molecule has 3 aromatic carbocycles. The van der Waals surface area contributed by atoms with Gasteiger partial charge in [0, 0.05) is 11.4 Å². The molecular weight excluding hydrogens is 308 g/mol. The molecule has 0 aromatic heterocycles. The van der Waals surface area contributed by atoms with E-state index in [1.54, 1.807) is 24.3 Å². The Kier molecular flexibility index (Phi) is 4.74. The summed E-state index contributed by atoms with van der Waals surface area (Å²) in [5.41, 5.74) is 2.62. The average molecular weight is 323 g/mol. The van der Waals surface area contributed by atoms with Crippen LogP contribution in [0.5, 0.6) is 5.75 Å². The first-order valence-electron chi connectivity index (χ1n) is 7.32. The molecule has 0 bridgehead atoms. The molecular formula is C20H15ClO2. The van der Waals surface area contributed by atoms with E-state index in [-0.39, 0.29) is 5.97 Å². The zero-order valence-electron chi connectivity index (χ0n) is 12.4. The van der Waals surface area contributed by atoms with Crippen molar-refractivity contribution >= 4 is 17.6 Å². The first-order valence-corrected chi connectivity index (χ1v) is 7.70. The maximum atomic E-state index is 12.3. The van der Waals surface area contributed by atoms with Crippen LogP contribution in [0.15, 0.2) is 78.9 Å². The third kappa shape index (κ3) is 3.99. The molecule has 2 nitrogen and oxygen atoms in total. The summed E-state index contributed by atoms with van der Waals surface area (Å²) in [5, 5.41) is 0.589. The minimum atomic E-state index is -0.387. The molecule has 0 saturated carbocycles. The number of benzene rings is 3. The van der Waals surface area contributed by atoms with E-state index in [0.29, 0.717) is 22.8 Å². The van der Waals surface area contributed by atoms with E-state index in [4.69, 9.17) is 16.3 Å². The Morgan fingerprint density at radius 2 is 1.48 bits per heavy atom. The molecule has 0 aliphatic carbocycles. The van der Waals surface area contributed by atoms with Crippen LogP contribution >= 0.6 is 11.6 Å². The van der Waals surface area contributed by atoms with E-state index in [1.165, 1.54) is 5.56 Å². The third-order valence-electron chi connectivity index (χ3n) is 3.49. The van der Waals surface area contributed by atoms with Crippen LogP contribution < -0.4 is 4.74 Å². The third-order valence-corrected chi connectivity index (χ3v) is 3.74. The predicted octanol–water partition coefficient (Wildman–Crippen LogP) is 5.15. The smallest absolute Gasteiger partial charge is 0.343 e. The molecule has 0 fully saturated rings. The predicted molar refractivity (Wildman–Crippen MR) is 92.1 cm³/mol. The van der Waals surface area contributed by atoms with Gasteiger partial charge in [0.15, 0.2) is 0 Å². The molecule has 0 spiro atoms.